The number of amides is 2. The molecule has 2 atom stereocenters. The van der Waals surface area contributed by atoms with Crippen molar-refractivity contribution < 1.29 is 19.1 Å². The van der Waals surface area contributed by atoms with E-state index in [2.05, 4.69) is 207 Å². The predicted octanol–water partition coefficient (Wildman–Crippen LogP) is 10.7. The Bertz CT molecular complexity index is 2870. The molecule has 2 amide bonds. The van der Waals surface area contributed by atoms with Crippen LogP contribution in [0.25, 0.3) is 33.7 Å². The average Bonchev–Trinajstić information content (AvgIpc) is 4.08. The summed E-state index contributed by atoms with van der Waals surface area (Å²) in [5, 5.41) is 11.1. The van der Waals surface area contributed by atoms with Crippen molar-refractivity contribution in [3.8, 4) is 0 Å². The van der Waals surface area contributed by atoms with Gasteiger partial charge in [0.25, 0.3) is 11.8 Å². The van der Waals surface area contributed by atoms with Crippen molar-refractivity contribution in [1.82, 2.24) is 10.6 Å². The molecule has 4 heterocycles. The lowest BCUT2D eigenvalue weighted by Crippen LogP contribution is -2.51. The lowest BCUT2D eigenvalue weighted by molar-refractivity contribution is 0.000270. The Labute approximate surface area is 420 Å². The quantitative estimate of drug-likeness (QED) is 0.0766. The van der Waals surface area contributed by atoms with Crippen LogP contribution in [0.5, 0.6) is 0 Å². The average molecular weight is 973 g/mol. The van der Waals surface area contributed by atoms with Crippen LogP contribution in [0.3, 0.4) is 0 Å². The molecule has 0 radical (unpaired) electrons. The summed E-state index contributed by atoms with van der Waals surface area (Å²) in [6.07, 6.45) is 8.87. The number of fused-ring (bicyclic) bond motifs is 8. The first kappa shape index (κ1) is 47.7. The molecule has 2 fully saturated rings. The summed E-state index contributed by atoms with van der Waals surface area (Å²) in [5.74, 6) is 1.31. The molecular formula is C58H64N6O4S2. The second-order valence-electron chi connectivity index (χ2n) is 20.2. The van der Waals surface area contributed by atoms with Crippen LogP contribution < -0.4 is 30.2 Å². The molecule has 0 bridgehead atoms. The van der Waals surface area contributed by atoms with Gasteiger partial charge in [0.2, 0.25) is 0 Å². The third-order valence-corrected chi connectivity index (χ3v) is 17.6. The minimum absolute atomic E-state index is 0.0866. The molecule has 2 unspecified atom stereocenters. The molecule has 2 saturated heterocycles. The number of anilines is 4. The summed E-state index contributed by atoms with van der Waals surface area (Å²) in [4.78, 5) is 36.1. The van der Waals surface area contributed by atoms with Gasteiger partial charge in [0.05, 0.1) is 13.2 Å². The van der Waals surface area contributed by atoms with E-state index in [1.54, 1.807) is 21.6 Å². The first-order chi connectivity index (χ1) is 33.7. The second-order valence-corrected chi connectivity index (χ2v) is 22.9. The highest BCUT2D eigenvalue weighted by molar-refractivity contribution is 8.76. The van der Waals surface area contributed by atoms with Gasteiger partial charge in [0.1, 0.15) is 0 Å². The highest BCUT2D eigenvalue weighted by atomic mass is 33.1. The van der Waals surface area contributed by atoms with E-state index in [1.807, 2.05) is 12.1 Å². The van der Waals surface area contributed by atoms with E-state index in [9.17, 15) is 9.59 Å². The highest BCUT2D eigenvalue weighted by Gasteiger charge is 2.60. The van der Waals surface area contributed by atoms with Crippen LogP contribution >= 0.6 is 21.6 Å². The van der Waals surface area contributed by atoms with Gasteiger partial charge in [-0.3, -0.25) is 9.59 Å². The van der Waals surface area contributed by atoms with Crippen LogP contribution in [-0.2, 0) is 20.3 Å². The summed E-state index contributed by atoms with van der Waals surface area (Å²) < 4.78 is 13.4. The highest BCUT2D eigenvalue weighted by Crippen LogP contribution is 2.57. The van der Waals surface area contributed by atoms with Crippen LogP contribution in [0, 0.1) is 0 Å². The first-order valence-corrected chi connectivity index (χ1v) is 26.9. The minimum atomic E-state index is -0.678. The third-order valence-electron chi connectivity index (χ3n) is 15.1. The van der Waals surface area contributed by atoms with Gasteiger partial charge in [-0.25, -0.2) is 0 Å². The summed E-state index contributed by atoms with van der Waals surface area (Å²) in [6, 6.07) is 38.0. The molecule has 70 heavy (non-hydrogen) atoms. The van der Waals surface area contributed by atoms with Crippen molar-refractivity contribution >= 4 is 89.8 Å². The molecule has 4 aliphatic heterocycles. The lowest BCUT2D eigenvalue weighted by Gasteiger charge is -2.39. The number of hydrogen-bond donors (Lipinski definition) is 2. The van der Waals surface area contributed by atoms with Crippen LogP contribution in [0.2, 0.25) is 0 Å². The Morgan fingerprint density at radius 3 is 1.37 bits per heavy atom. The monoisotopic (exact) mass is 972 g/mol. The zero-order valence-electron chi connectivity index (χ0n) is 41.6. The molecule has 6 aromatic carbocycles. The normalized spacial score (nSPS) is 20.6. The van der Waals surface area contributed by atoms with E-state index >= 15 is 0 Å². The molecule has 0 aromatic heterocycles. The molecule has 4 aliphatic rings. The van der Waals surface area contributed by atoms with Crippen LogP contribution in [0.1, 0.15) is 70.7 Å². The number of nitrogens with zero attached hydrogens (tertiary/aromatic N) is 4. The molecule has 2 N–H and O–H groups in total. The van der Waals surface area contributed by atoms with E-state index in [0.717, 1.165) is 58.2 Å². The van der Waals surface area contributed by atoms with Crippen molar-refractivity contribution in [2.45, 2.75) is 50.0 Å². The van der Waals surface area contributed by atoms with E-state index in [0.29, 0.717) is 37.4 Å². The number of ether oxygens (including phenoxy) is 2. The van der Waals surface area contributed by atoms with Gasteiger partial charge in [0.15, 0.2) is 11.4 Å². The third kappa shape index (κ3) is 7.91. The molecule has 362 valence electrons. The number of carbonyl (C=O) groups excluding carboxylic acids is 2. The molecular weight excluding hydrogens is 909 g/mol. The first-order valence-electron chi connectivity index (χ1n) is 24.4. The Hall–Kier alpha value is -5.92. The summed E-state index contributed by atoms with van der Waals surface area (Å²) in [5.41, 5.74) is 8.18. The Morgan fingerprint density at radius 1 is 0.571 bits per heavy atom. The topological polar surface area (TPSA) is 89.6 Å². The minimum Gasteiger partial charge on any atom is -0.377 e. The molecule has 12 heteroatoms. The maximum Gasteiger partial charge on any atom is 0.251 e. The molecule has 10 nitrogen and oxygen atoms in total. The van der Waals surface area contributed by atoms with Gasteiger partial charge in [-0.05, 0) is 93.7 Å². The Morgan fingerprint density at radius 2 is 0.971 bits per heavy atom. The van der Waals surface area contributed by atoms with E-state index in [4.69, 9.17) is 9.47 Å². The molecule has 6 aromatic rings. The standard InChI is InChI=1S/C58H64N6O4S2/c1-55(2)47-37-41(19-23-51(47)63-31-33-67-57(55,63)27-25-39-17-21-49(61(5)6)45-15-11-9-13-43(39)45)53(65)59-29-35-69-70-36-30-60-54(66)42-20-24-52-48(38-42)56(3,4)58(64(52)32-34-68-58)28-26-40-18-22-50(62(7)8)46-16-12-10-14-44(40)46/h9-28,37-38H,29-36H2,1-8H3,(H,59,65)(H,60,66)/b27-25+,28-26+. The van der Waals surface area contributed by atoms with Crippen LogP contribution in [0.15, 0.2) is 121 Å². The summed E-state index contributed by atoms with van der Waals surface area (Å²) in [7, 11) is 11.7. The van der Waals surface area contributed by atoms with Gasteiger partial charge in [-0.15, -0.1) is 0 Å². The van der Waals surface area contributed by atoms with Crippen LogP contribution in [0.4, 0.5) is 22.7 Å². The van der Waals surface area contributed by atoms with Gasteiger partial charge < -0.3 is 39.7 Å². The fourth-order valence-electron chi connectivity index (χ4n) is 11.4. The van der Waals surface area contributed by atoms with Gasteiger partial charge >= 0.3 is 0 Å². The van der Waals surface area contributed by atoms with Crippen molar-refractivity contribution in [1.29, 1.82) is 0 Å². The SMILES string of the molecule is CN(C)c1ccc(/C=C/C23OCCN2c2ccc(C(=O)NCCSSCCNC(=O)c4ccc5c(c4)C(C)(C)C4(/C=C/c6ccc(N(C)C)c7ccccc67)OCCN54)cc2C3(C)C)c2ccccc12. The zero-order valence-corrected chi connectivity index (χ0v) is 43.2. The van der Waals surface area contributed by atoms with Crippen molar-refractivity contribution in [2.24, 2.45) is 0 Å². The molecule has 10 rings (SSSR count). The Kier molecular flexibility index (Phi) is 12.7. The van der Waals surface area contributed by atoms with Gasteiger partial charge in [-0.2, -0.15) is 0 Å². The summed E-state index contributed by atoms with van der Waals surface area (Å²) in [6.45, 7) is 12.8. The number of carbonyl (C=O) groups is 2. The lowest BCUT2D eigenvalue weighted by atomic mass is 9.76. The fraction of sp³-hybridized carbons (Fsp3) is 0.345. The maximum absolute atomic E-state index is 13.5. The van der Waals surface area contributed by atoms with Gasteiger partial charge in [0, 0.05) is 121 Å². The van der Waals surface area contributed by atoms with Gasteiger partial charge in [-0.1, -0.05) is 122 Å². The Balaban J connectivity index is 0.716. The predicted molar refractivity (Wildman–Crippen MR) is 295 cm³/mol. The number of rotatable bonds is 15. The number of benzene rings is 6. The second kappa shape index (κ2) is 18.7. The largest absolute Gasteiger partial charge is 0.377 e. The van der Waals surface area contributed by atoms with E-state index in [1.165, 1.54) is 32.9 Å². The maximum atomic E-state index is 13.5. The number of hydrogen-bond acceptors (Lipinski definition) is 10. The van der Waals surface area contributed by atoms with Crippen LogP contribution in [-0.4, -0.2) is 102 Å². The van der Waals surface area contributed by atoms with E-state index in [-0.39, 0.29) is 11.8 Å². The van der Waals surface area contributed by atoms with Crippen molar-refractivity contribution in [2.75, 3.05) is 98.7 Å². The van der Waals surface area contributed by atoms with E-state index < -0.39 is 22.3 Å². The zero-order chi connectivity index (χ0) is 49.0. The van der Waals surface area contributed by atoms with Crippen molar-refractivity contribution in [3.63, 3.8) is 0 Å². The number of nitrogens with one attached hydrogen (secondary N) is 2. The smallest absolute Gasteiger partial charge is 0.251 e. The summed E-state index contributed by atoms with van der Waals surface area (Å²) >= 11 is 0. The molecule has 0 spiro atoms. The molecule has 0 aliphatic carbocycles. The molecule has 0 saturated carbocycles. The van der Waals surface area contributed by atoms with Crippen molar-refractivity contribution in [3.05, 3.63) is 155 Å². The fourth-order valence-corrected chi connectivity index (χ4v) is 13.2.